The normalized spacial score (nSPS) is 10.9. The van der Waals surface area contributed by atoms with Crippen molar-refractivity contribution in [1.82, 2.24) is 4.90 Å². The van der Waals surface area contributed by atoms with Gasteiger partial charge >= 0.3 is 11.9 Å². The van der Waals surface area contributed by atoms with E-state index in [2.05, 4.69) is 11.8 Å². The number of esters is 2. The lowest BCUT2D eigenvalue weighted by Crippen LogP contribution is -2.31. The molecule has 0 aromatic carbocycles. The number of carbonyl (C=O) groups excluding carboxylic acids is 2. The van der Waals surface area contributed by atoms with Gasteiger partial charge in [0.2, 0.25) is 0 Å². The summed E-state index contributed by atoms with van der Waals surface area (Å²) in [6.45, 7) is 7.45. The molecular weight excluding hydrogens is 354 g/mol. The lowest BCUT2D eigenvalue weighted by atomic mass is 10.3. The highest BCUT2D eigenvalue weighted by molar-refractivity contribution is 7.99. The Morgan fingerprint density at radius 1 is 0.808 bits per heavy atom. The van der Waals surface area contributed by atoms with Crippen LogP contribution >= 0.6 is 11.8 Å². The molecule has 6 nitrogen and oxygen atoms in total. The Morgan fingerprint density at radius 2 is 1.42 bits per heavy atom. The predicted molar refractivity (Wildman–Crippen MR) is 107 cm³/mol. The summed E-state index contributed by atoms with van der Waals surface area (Å²) in [7, 11) is 1.58. The summed E-state index contributed by atoms with van der Waals surface area (Å²) in [4.78, 5) is 25.6. The molecule has 154 valence electrons. The fraction of sp³-hybridized carbons (Fsp3) is 0.895. The monoisotopic (exact) mass is 391 g/mol. The zero-order valence-electron chi connectivity index (χ0n) is 16.8. The molecule has 0 aliphatic rings. The highest BCUT2D eigenvalue weighted by atomic mass is 32.2. The van der Waals surface area contributed by atoms with E-state index in [4.69, 9.17) is 14.2 Å². The van der Waals surface area contributed by atoms with Gasteiger partial charge < -0.3 is 19.1 Å². The van der Waals surface area contributed by atoms with Crippen LogP contribution in [0.25, 0.3) is 0 Å². The van der Waals surface area contributed by atoms with E-state index in [9.17, 15) is 9.59 Å². The maximum atomic E-state index is 11.7. The van der Waals surface area contributed by atoms with Crippen LogP contribution in [0.15, 0.2) is 0 Å². The Bertz CT molecular complexity index is 355. The molecule has 0 atom stereocenters. The molecule has 0 aliphatic heterocycles. The Hall–Kier alpha value is -0.790. The van der Waals surface area contributed by atoms with E-state index in [-0.39, 0.29) is 18.5 Å². The van der Waals surface area contributed by atoms with E-state index in [0.717, 1.165) is 25.1 Å². The second kappa shape index (κ2) is 19.0. The Labute approximate surface area is 163 Å². The topological polar surface area (TPSA) is 65.1 Å². The summed E-state index contributed by atoms with van der Waals surface area (Å²) in [5, 5.41) is 0. The highest BCUT2D eigenvalue weighted by Crippen LogP contribution is 2.08. The largest absolute Gasteiger partial charge is 0.466 e. The van der Waals surface area contributed by atoms with Crippen molar-refractivity contribution in [1.29, 1.82) is 0 Å². The van der Waals surface area contributed by atoms with Gasteiger partial charge in [0.25, 0.3) is 0 Å². The summed E-state index contributed by atoms with van der Waals surface area (Å²) in [5.41, 5.74) is 0. The molecular formula is C19H37NO5S. The third-order valence-corrected chi connectivity index (χ3v) is 4.84. The number of hydrogen-bond acceptors (Lipinski definition) is 7. The molecule has 0 unspecified atom stereocenters. The average Bonchev–Trinajstić information content (AvgIpc) is 2.64. The van der Waals surface area contributed by atoms with Crippen molar-refractivity contribution in [3.63, 3.8) is 0 Å². The summed E-state index contributed by atoms with van der Waals surface area (Å²) in [5.74, 6) is 1.91. The van der Waals surface area contributed by atoms with Crippen LogP contribution in [-0.2, 0) is 23.8 Å². The number of nitrogens with zero attached hydrogens (tertiary/aromatic N) is 1. The summed E-state index contributed by atoms with van der Waals surface area (Å²) < 4.78 is 15.1. The number of carbonyl (C=O) groups is 2. The van der Waals surface area contributed by atoms with E-state index in [1.165, 1.54) is 18.6 Å². The molecule has 26 heavy (non-hydrogen) atoms. The van der Waals surface area contributed by atoms with Crippen molar-refractivity contribution in [3.05, 3.63) is 0 Å². The summed E-state index contributed by atoms with van der Waals surface area (Å²) in [6, 6.07) is 0. The maximum absolute atomic E-state index is 11.7. The quantitative estimate of drug-likeness (QED) is 0.263. The molecule has 7 heteroatoms. The predicted octanol–water partition coefficient (Wildman–Crippen LogP) is 3.13. The zero-order valence-corrected chi connectivity index (χ0v) is 17.6. The van der Waals surface area contributed by atoms with Crippen LogP contribution in [0.2, 0.25) is 0 Å². The molecule has 0 amide bonds. The molecule has 0 radical (unpaired) electrons. The minimum Gasteiger partial charge on any atom is -0.466 e. The van der Waals surface area contributed by atoms with Gasteiger partial charge in [0.05, 0.1) is 26.1 Å². The van der Waals surface area contributed by atoms with Gasteiger partial charge in [-0.1, -0.05) is 20.3 Å². The lowest BCUT2D eigenvalue weighted by molar-refractivity contribution is -0.145. The third kappa shape index (κ3) is 16.7. The first-order valence-electron chi connectivity index (χ1n) is 9.74. The molecule has 0 aromatic heterocycles. The standard InChI is InChI=1S/C19H37NO5S/c1-4-6-16-26-17-7-10-20(11-8-18(21)24-13-5-2)12-9-19(22)25-15-14-23-3/h4-17H2,1-3H3. The fourth-order valence-electron chi connectivity index (χ4n) is 2.17. The van der Waals surface area contributed by atoms with Crippen molar-refractivity contribution in [2.24, 2.45) is 0 Å². The van der Waals surface area contributed by atoms with E-state index in [1.807, 2.05) is 18.7 Å². The lowest BCUT2D eigenvalue weighted by Gasteiger charge is -2.21. The summed E-state index contributed by atoms with van der Waals surface area (Å²) >= 11 is 1.97. The van der Waals surface area contributed by atoms with Gasteiger partial charge in [-0.25, -0.2) is 0 Å². The van der Waals surface area contributed by atoms with Gasteiger partial charge in [-0.2, -0.15) is 11.8 Å². The van der Waals surface area contributed by atoms with Crippen LogP contribution in [0.3, 0.4) is 0 Å². The third-order valence-electron chi connectivity index (χ3n) is 3.69. The van der Waals surface area contributed by atoms with E-state index in [0.29, 0.717) is 39.1 Å². The van der Waals surface area contributed by atoms with Gasteiger partial charge in [0, 0.05) is 20.2 Å². The fourth-order valence-corrected chi connectivity index (χ4v) is 3.20. The van der Waals surface area contributed by atoms with Crippen molar-refractivity contribution >= 4 is 23.7 Å². The molecule has 0 rings (SSSR count). The first-order valence-corrected chi connectivity index (χ1v) is 10.9. The van der Waals surface area contributed by atoms with Gasteiger partial charge in [-0.05, 0) is 37.3 Å². The van der Waals surface area contributed by atoms with E-state index >= 15 is 0 Å². The molecule has 0 spiro atoms. The second-order valence-electron chi connectivity index (χ2n) is 6.09. The van der Waals surface area contributed by atoms with Crippen LogP contribution < -0.4 is 0 Å². The smallest absolute Gasteiger partial charge is 0.307 e. The molecule has 0 saturated carbocycles. The SMILES string of the molecule is CCCCSCCCN(CCC(=O)OCCC)CCC(=O)OCCOC. The number of unbranched alkanes of at least 4 members (excludes halogenated alkanes) is 1. The minimum atomic E-state index is -0.224. The van der Waals surface area contributed by atoms with Gasteiger partial charge in [-0.15, -0.1) is 0 Å². The molecule has 0 bridgehead atoms. The van der Waals surface area contributed by atoms with Crippen LogP contribution in [-0.4, -0.2) is 74.9 Å². The van der Waals surface area contributed by atoms with Crippen LogP contribution in [0, 0.1) is 0 Å². The summed E-state index contributed by atoms with van der Waals surface area (Å²) in [6.07, 6.45) is 5.06. The number of thioether (sulfide) groups is 1. The molecule has 0 aromatic rings. The first kappa shape index (κ1) is 25.2. The van der Waals surface area contributed by atoms with Crippen LogP contribution in [0.1, 0.15) is 52.4 Å². The molecule has 0 aliphatic carbocycles. The first-order chi connectivity index (χ1) is 12.6. The van der Waals surface area contributed by atoms with Gasteiger partial charge in [0.15, 0.2) is 0 Å². The van der Waals surface area contributed by atoms with Gasteiger partial charge in [-0.3, -0.25) is 9.59 Å². The van der Waals surface area contributed by atoms with E-state index in [1.54, 1.807) is 7.11 Å². The number of rotatable bonds is 18. The maximum Gasteiger partial charge on any atom is 0.307 e. The number of methoxy groups -OCH3 is 1. The molecule has 0 N–H and O–H groups in total. The number of ether oxygens (including phenoxy) is 3. The second-order valence-corrected chi connectivity index (χ2v) is 7.32. The Kier molecular flexibility index (Phi) is 18.4. The van der Waals surface area contributed by atoms with Crippen LogP contribution in [0.4, 0.5) is 0 Å². The zero-order chi connectivity index (χ0) is 19.5. The Morgan fingerprint density at radius 3 is 2.00 bits per heavy atom. The van der Waals surface area contributed by atoms with Crippen molar-refractivity contribution in [2.75, 3.05) is 58.1 Å². The van der Waals surface area contributed by atoms with Crippen LogP contribution in [0.5, 0.6) is 0 Å². The number of hydrogen-bond donors (Lipinski definition) is 0. The average molecular weight is 392 g/mol. The highest BCUT2D eigenvalue weighted by Gasteiger charge is 2.12. The molecule has 0 saturated heterocycles. The van der Waals surface area contributed by atoms with Gasteiger partial charge in [0.1, 0.15) is 6.61 Å². The Balaban J connectivity index is 4.13. The molecule has 0 heterocycles. The van der Waals surface area contributed by atoms with Crippen molar-refractivity contribution < 1.29 is 23.8 Å². The van der Waals surface area contributed by atoms with Crippen molar-refractivity contribution in [2.45, 2.75) is 52.4 Å². The van der Waals surface area contributed by atoms with E-state index < -0.39 is 0 Å². The molecule has 0 fully saturated rings. The minimum absolute atomic E-state index is 0.170. The van der Waals surface area contributed by atoms with Crippen molar-refractivity contribution in [3.8, 4) is 0 Å².